The van der Waals surface area contributed by atoms with Crippen LogP contribution in [0.25, 0.3) is 21.8 Å². The van der Waals surface area contributed by atoms with Crippen LogP contribution < -0.4 is 14.6 Å². The lowest BCUT2D eigenvalue weighted by atomic mass is 10.0. The monoisotopic (exact) mass is 543 g/mol. The van der Waals surface area contributed by atoms with Gasteiger partial charge in [-0.25, -0.2) is 13.2 Å². The van der Waals surface area contributed by atoms with Crippen LogP contribution >= 0.6 is 7.60 Å². The van der Waals surface area contributed by atoms with Crippen molar-refractivity contribution in [2.45, 2.75) is 5.51 Å². The lowest BCUT2D eigenvalue weighted by molar-refractivity contribution is -0.617. The maximum absolute atomic E-state index is 13.1. The number of nitrogens with zero attached hydrogens (tertiary/aromatic N) is 1. The van der Waals surface area contributed by atoms with Crippen molar-refractivity contribution in [2.24, 2.45) is 7.05 Å². The van der Waals surface area contributed by atoms with E-state index in [2.05, 4.69) is 0 Å². The average Bonchev–Trinajstić information content (AvgIpc) is 2.78. The van der Waals surface area contributed by atoms with Gasteiger partial charge in [0.1, 0.15) is 12.8 Å². The Labute approximate surface area is 202 Å². The van der Waals surface area contributed by atoms with Crippen molar-refractivity contribution in [1.29, 1.82) is 0 Å². The van der Waals surface area contributed by atoms with Crippen molar-refractivity contribution in [3.05, 3.63) is 78.4 Å². The number of pyridine rings is 1. The van der Waals surface area contributed by atoms with Gasteiger partial charge < -0.3 is 19.1 Å². The van der Waals surface area contributed by atoms with Gasteiger partial charge in [0.2, 0.25) is 11.0 Å². The third-order valence-electron chi connectivity index (χ3n) is 4.94. The second-order valence-electron chi connectivity index (χ2n) is 7.30. The first-order valence-electron chi connectivity index (χ1n) is 9.81. The number of halogens is 3. The average molecular weight is 543 g/mol. The maximum Gasteiger partial charge on any atom is 0.485 e. The van der Waals surface area contributed by atoms with Gasteiger partial charge in [0, 0.05) is 12.1 Å². The highest BCUT2D eigenvalue weighted by molar-refractivity contribution is 7.86. The number of benzene rings is 3. The van der Waals surface area contributed by atoms with Gasteiger partial charge in [0.25, 0.3) is 0 Å². The molecular formula is C22H17F3NO8PS. The van der Waals surface area contributed by atoms with E-state index in [1.165, 1.54) is 24.3 Å². The Morgan fingerprint density at radius 2 is 1.33 bits per heavy atom. The molecule has 0 unspecified atom stereocenters. The molecule has 1 heterocycles. The standard InChI is InChI=1S/C21H16NO5P.CHF3O3S/c1-22-18-8-4-2-6-16(18)20(17-7-3-5-9-19(17)22)21(23)27-14-10-12-15(13-11-14)28(24,25)26;2-1(3,4)8(5,6)7/h2-13H,1H3,(H-,24,25,26);(H,5,6,7). The van der Waals surface area contributed by atoms with Gasteiger partial charge in [-0.15, -0.1) is 0 Å². The Morgan fingerprint density at radius 1 is 0.917 bits per heavy atom. The Hall–Kier alpha value is -3.35. The number of esters is 1. The van der Waals surface area contributed by atoms with E-state index in [4.69, 9.17) is 17.7 Å². The molecule has 0 saturated heterocycles. The molecule has 0 aliphatic heterocycles. The third kappa shape index (κ3) is 5.89. The molecule has 0 saturated carbocycles. The van der Waals surface area contributed by atoms with Gasteiger partial charge in [-0.3, -0.25) is 4.57 Å². The number of alkyl halides is 3. The summed E-state index contributed by atoms with van der Waals surface area (Å²) in [6, 6.07) is 20.4. The molecule has 0 spiro atoms. The molecule has 0 aliphatic rings. The summed E-state index contributed by atoms with van der Waals surface area (Å²) >= 11 is 0. The van der Waals surface area contributed by atoms with E-state index < -0.39 is 29.2 Å². The first-order chi connectivity index (χ1) is 16.6. The van der Waals surface area contributed by atoms with E-state index in [-0.39, 0.29) is 11.1 Å². The number of carbonyl (C=O) groups excluding carboxylic acids is 1. The molecule has 1 aromatic heterocycles. The number of aryl methyl sites for hydroxylation is 1. The van der Waals surface area contributed by atoms with E-state index >= 15 is 0 Å². The predicted octanol–water partition coefficient (Wildman–Crippen LogP) is 2.89. The molecule has 14 heteroatoms. The molecule has 9 nitrogen and oxygen atoms in total. The number of fused-ring (bicyclic) bond motifs is 2. The quantitative estimate of drug-likeness (QED) is 0.0764. The summed E-state index contributed by atoms with van der Waals surface area (Å²) in [5, 5.41) is 1.40. The van der Waals surface area contributed by atoms with Crippen LogP contribution in [0.15, 0.2) is 72.8 Å². The van der Waals surface area contributed by atoms with E-state index in [1.54, 1.807) is 0 Å². The minimum absolute atomic E-state index is 0.130. The molecule has 4 aromatic rings. The first-order valence-corrected chi connectivity index (χ1v) is 12.8. The summed E-state index contributed by atoms with van der Waals surface area (Å²) in [6.07, 6.45) is 0. The number of hydrogen-bond acceptors (Lipinski definition) is 6. The van der Waals surface area contributed by atoms with Crippen molar-refractivity contribution in [3.8, 4) is 5.75 Å². The van der Waals surface area contributed by atoms with E-state index in [0.29, 0.717) is 5.56 Å². The zero-order chi connectivity index (χ0) is 26.9. The summed E-state index contributed by atoms with van der Waals surface area (Å²) in [7, 11) is -8.49. The Morgan fingerprint density at radius 3 is 1.72 bits per heavy atom. The van der Waals surface area contributed by atoms with Crippen LogP contribution in [0.5, 0.6) is 5.75 Å². The zero-order valence-corrected chi connectivity index (χ0v) is 19.9. The second kappa shape index (κ2) is 9.96. The van der Waals surface area contributed by atoms with Gasteiger partial charge >= 0.3 is 19.1 Å². The number of aromatic nitrogens is 1. The number of rotatable bonds is 3. The highest BCUT2D eigenvalue weighted by atomic mass is 32.2. The fourth-order valence-corrected chi connectivity index (χ4v) is 3.85. The minimum atomic E-state index is -6.09. The molecule has 0 radical (unpaired) electrons. The van der Waals surface area contributed by atoms with E-state index in [1.807, 2.05) is 60.1 Å². The van der Waals surface area contributed by atoms with Gasteiger partial charge in [0.15, 0.2) is 10.1 Å². The second-order valence-corrected chi connectivity index (χ2v) is 10.3. The molecule has 0 bridgehead atoms. The van der Waals surface area contributed by atoms with Crippen molar-refractivity contribution < 1.29 is 54.6 Å². The molecular weight excluding hydrogens is 526 g/mol. The summed E-state index contributed by atoms with van der Waals surface area (Å²) in [6.45, 7) is 0. The summed E-state index contributed by atoms with van der Waals surface area (Å²) in [4.78, 5) is 31.5. The highest BCUT2D eigenvalue weighted by Crippen LogP contribution is 2.33. The van der Waals surface area contributed by atoms with Gasteiger partial charge in [0.05, 0.1) is 21.6 Å². The first kappa shape index (κ1) is 27.2. The molecule has 0 fully saturated rings. The van der Waals surface area contributed by atoms with Crippen molar-refractivity contribution in [1.82, 2.24) is 0 Å². The SMILES string of the molecule is C[n+]1c2ccccc2c(C(=O)Oc2ccc(P(=O)(O)O)cc2)c2ccccc21.O=S(=O)([O-])C(F)(F)F. The normalized spacial score (nSPS) is 12.2. The lowest BCUT2D eigenvalue weighted by Gasteiger charge is -2.10. The van der Waals surface area contributed by atoms with Crippen LogP contribution in [0, 0.1) is 0 Å². The van der Waals surface area contributed by atoms with Crippen molar-refractivity contribution in [3.63, 3.8) is 0 Å². The van der Waals surface area contributed by atoms with Gasteiger partial charge in [-0.2, -0.15) is 17.7 Å². The molecule has 2 N–H and O–H groups in total. The van der Waals surface area contributed by atoms with Gasteiger partial charge in [-0.05, 0) is 36.4 Å². The van der Waals surface area contributed by atoms with Gasteiger partial charge in [-0.1, -0.05) is 24.3 Å². The topological polar surface area (TPSA) is 145 Å². The molecule has 3 aromatic carbocycles. The van der Waals surface area contributed by atoms with Crippen LogP contribution in [0.1, 0.15) is 10.4 Å². The molecule has 36 heavy (non-hydrogen) atoms. The maximum atomic E-state index is 13.1. The number of carbonyl (C=O) groups is 1. The molecule has 0 amide bonds. The fourth-order valence-electron chi connectivity index (χ4n) is 3.32. The summed E-state index contributed by atoms with van der Waals surface area (Å²) in [5.41, 5.74) is -3.41. The number of hydrogen-bond donors (Lipinski definition) is 2. The van der Waals surface area contributed by atoms with Crippen LogP contribution in [0.4, 0.5) is 13.2 Å². The van der Waals surface area contributed by atoms with Crippen LogP contribution in [0.3, 0.4) is 0 Å². The van der Waals surface area contributed by atoms with Crippen molar-refractivity contribution in [2.75, 3.05) is 0 Å². The Kier molecular flexibility index (Phi) is 7.53. The Bertz CT molecular complexity index is 1540. The smallest absolute Gasteiger partial charge is 0.485 e. The summed E-state index contributed by atoms with van der Waals surface area (Å²) in [5.74, 6) is -0.319. The summed E-state index contributed by atoms with van der Waals surface area (Å²) < 4.78 is 77.7. The van der Waals surface area contributed by atoms with Crippen LogP contribution in [-0.4, -0.2) is 34.2 Å². The molecule has 0 atom stereocenters. The highest BCUT2D eigenvalue weighted by Gasteiger charge is 2.37. The van der Waals surface area contributed by atoms with Crippen LogP contribution in [0.2, 0.25) is 0 Å². The lowest BCUT2D eigenvalue weighted by Crippen LogP contribution is -2.31. The van der Waals surface area contributed by atoms with E-state index in [0.717, 1.165) is 21.8 Å². The predicted molar refractivity (Wildman–Crippen MR) is 121 cm³/mol. The zero-order valence-electron chi connectivity index (χ0n) is 18.2. The largest absolute Gasteiger partial charge is 0.741 e. The number of ether oxygens (including phenoxy) is 1. The van der Waals surface area contributed by atoms with Crippen molar-refractivity contribution >= 4 is 50.8 Å². The van der Waals surface area contributed by atoms with E-state index in [9.17, 15) is 32.3 Å². The van der Waals surface area contributed by atoms with Crippen LogP contribution in [-0.2, 0) is 21.7 Å². The molecule has 190 valence electrons. The fraction of sp³-hybridized carbons (Fsp3) is 0.0909. The third-order valence-corrected chi connectivity index (χ3v) is 6.48. The molecule has 4 rings (SSSR count). The Balaban J connectivity index is 0.000000392. The molecule has 0 aliphatic carbocycles. The number of para-hydroxylation sites is 2. The minimum Gasteiger partial charge on any atom is -0.741 e.